The van der Waals surface area contributed by atoms with Gasteiger partial charge in [0.25, 0.3) is 0 Å². The lowest BCUT2D eigenvalue weighted by molar-refractivity contribution is 0.0451. The molecule has 1 rings (SSSR count). The van der Waals surface area contributed by atoms with E-state index < -0.39 is 11.1 Å². The van der Waals surface area contributed by atoms with Crippen LogP contribution in [-0.2, 0) is 9.47 Å². The Kier molecular flexibility index (Phi) is 9.36. The summed E-state index contributed by atoms with van der Waals surface area (Å²) in [6, 6.07) is 0. The minimum atomic E-state index is -0.515. The summed E-state index contributed by atoms with van der Waals surface area (Å²) in [5.41, 5.74) is -0.931. The van der Waals surface area contributed by atoms with Crippen molar-refractivity contribution in [3.8, 4) is 0 Å². The Morgan fingerprint density at radius 2 is 1.93 bits per heavy atom. The Morgan fingerprint density at radius 1 is 1.26 bits per heavy atom. The van der Waals surface area contributed by atoms with Crippen LogP contribution in [0.2, 0.25) is 0 Å². The van der Waals surface area contributed by atoms with Gasteiger partial charge in [-0.25, -0.2) is 4.79 Å². The van der Waals surface area contributed by atoms with Crippen LogP contribution in [0.4, 0.5) is 4.79 Å². The maximum absolute atomic E-state index is 12.3. The van der Waals surface area contributed by atoms with Crippen LogP contribution in [0.1, 0.15) is 60.8 Å². The van der Waals surface area contributed by atoms with Crippen LogP contribution in [0.5, 0.6) is 0 Å². The lowest BCUT2D eigenvalue weighted by Crippen LogP contribution is -2.52. The van der Waals surface area contributed by atoms with Crippen molar-refractivity contribution in [1.82, 2.24) is 15.5 Å². The van der Waals surface area contributed by atoms with E-state index in [1.807, 2.05) is 20.8 Å². The standard InChI is InChI=1S/C20H40N4O3/c1-8-20(9-2,23-18(25)27-19(4,5)6)15-22-17(21-10-3)24(7)13-16-11-12-26-14-16/h16H,8-15H2,1-7H3,(H,21,22)(H,23,25). The molecule has 1 aliphatic heterocycles. The number of nitrogens with one attached hydrogen (secondary N) is 2. The minimum absolute atomic E-state index is 0.386. The van der Waals surface area contributed by atoms with Gasteiger partial charge in [0, 0.05) is 32.7 Å². The quantitative estimate of drug-likeness (QED) is 0.497. The predicted molar refractivity (Wildman–Crippen MR) is 110 cm³/mol. The molecule has 0 aliphatic carbocycles. The molecular weight excluding hydrogens is 344 g/mol. The summed E-state index contributed by atoms with van der Waals surface area (Å²) < 4.78 is 10.9. The molecule has 0 aromatic rings. The van der Waals surface area contributed by atoms with E-state index in [0.717, 1.165) is 51.5 Å². The number of carbonyl (C=O) groups is 1. The zero-order valence-corrected chi connectivity index (χ0v) is 18.4. The summed E-state index contributed by atoms with van der Waals surface area (Å²) in [5.74, 6) is 1.41. The molecule has 0 aromatic carbocycles. The van der Waals surface area contributed by atoms with Crippen molar-refractivity contribution < 1.29 is 14.3 Å². The number of hydrogen-bond acceptors (Lipinski definition) is 4. The summed E-state index contributed by atoms with van der Waals surface area (Å²) in [4.78, 5) is 19.3. The molecule has 7 nitrogen and oxygen atoms in total. The molecule has 27 heavy (non-hydrogen) atoms. The molecule has 0 bridgehead atoms. The topological polar surface area (TPSA) is 75.2 Å². The number of carbonyl (C=O) groups excluding carboxylic acids is 1. The molecule has 1 unspecified atom stereocenters. The Hall–Kier alpha value is -1.50. The SMILES string of the molecule is CCNC(=NCC(CC)(CC)NC(=O)OC(C)(C)C)N(C)CC1CCOC1. The first-order valence-corrected chi connectivity index (χ1v) is 10.2. The van der Waals surface area contributed by atoms with Gasteiger partial charge in [0.2, 0.25) is 0 Å². The molecule has 1 aliphatic rings. The van der Waals surface area contributed by atoms with Crippen LogP contribution < -0.4 is 10.6 Å². The fourth-order valence-electron chi connectivity index (χ4n) is 3.11. The molecule has 1 atom stereocenters. The average molecular weight is 385 g/mol. The summed E-state index contributed by atoms with van der Waals surface area (Å²) in [6.07, 6.45) is 2.28. The summed E-state index contributed by atoms with van der Waals surface area (Å²) in [5, 5.41) is 6.42. The fraction of sp³-hybridized carbons (Fsp3) is 0.900. The normalized spacial score (nSPS) is 18.3. The van der Waals surface area contributed by atoms with Crippen molar-refractivity contribution >= 4 is 12.1 Å². The molecule has 2 N–H and O–H groups in total. The van der Waals surface area contributed by atoms with E-state index in [2.05, 4.69) is 43.4 Å². The molecule has 1 amide bonds. The zero-order chi connectivity index (χ0) is 20.5. The monoisotopic (exact) mass is 384 g/mol. The van der Waals surface area contributed by atoms with Gasteiger partial charge in [0.15, 0.2) is 5.96 Å². The second kappa shape index (κ2) is 10.7. The lowest BCUT2D eigenvalue weighted by Gasteiger charge is -2.33. The third kappa shape index (κ3) is 8.37. The van der Waals surface area contributed by atoms with E-state index >= 15 is 0 Å². The Morgan fingerprint density at radius 3 is 2.41 bits per heavy atom. The molecule has 1 saturated heterocycles. The van der Waals surface area contributed by atoms with E-state index in [0.29, 0.717) is 12.5 Å². The van der Waals surface area contributed by atoms with Crippen LogP contribution >= 0.6 is 0 Å². The molecule has 0 saturated carbocycles. The fourth-order valence-corrected chi connectivity index (χ4v) is 3.11. The number of ether oxygens (including phenoxy) is 2. The predicted octanol–water partition coefficient (Wildman–Crippen LogP) is 3.00. The number of rotatable bonds is 8. The minimum Gasteiger partial charge on any atom is -0.444 e. The van der Waals surface area contributed by atoms with E-state index in [1.54, 1.807) is 0 Å². The maximum Gasteiger partial charge on any atom is 0.408 e. The molecule has 0 spiro atoms. The van der Waals surface area contributed by atoms with E-state index in [4.69, 9.17) is 14.5 Å². The van der Waals surface area contributed by atoms with E-state index in [9.17, 15) is 4.79 Å². The summed E-state index contributed by atoms with van der Waals surface area (Å²) >= 11 is 0. The van der Waals surface area contributed by atoms with Gasteiger partial charge in [-0.3, -0.25) is 4.99 Å². The largest absolute Gasteiger partial charge is 0.444 e. The number of hydrogen-bond donors (Lipinski definition) is 2. The highest BCUT2D eigenvalue weighted by atomic mass is 16.6. The first-order valence-electron chi connectivity index (χ1n) is 10.2. The maximum atomic E-state index is 12.3. The first kappa shape index (κ1) is 23.5. The second-order valence-corrected chi connectivity index (χ2v) is 8.39. The van der Waals surface area contributed by atoms with Crippen LogP contribution in [0.25, 0.3) is 0 Å². The van der Waals surface area contributed by atoms with E-state index in [-0.39, 0.29) is 6.09 Å². The smallest absolute Gasteiger partial charge is 0.408 e. The van der Waals surface area contributed by atoms with Gasteiger partial charge >= 0.3 is 6.09 Å². The number of alkyl carbamates (subject to hydrolysis) is 1. The average Bonchev–Trinajstić information content (AvgIpc) is 3.08. The van der Waals surface area contributed by atoms with Crippen LogP contribution in [0.15, 0.2) is 4.99 Å². The van der Waals surface area contributed by atoms with Crippen LogP contribution in [0, 0.1) is 5.92 Å². The molecule has 1 heterocycles. The van der Waals surface area contributed by atoms with Crippen LogP contribution in [-0.4, -0.2) is 68.0 Å². The van der Waals surface area contributed by atoms with Gasteiger partial charge in [-0.2, -0.15) is 0 Å². The summed E-state index contributed by atoms with van der Waals surface area (Å²) in [7, 11) is 2.06. The van der Waals surface area contributed by atoms with Crippen molar-refractivity contribution in [3.05, 3.63) is 0 Å². The Bertz CT molecular complexity index is 478. The van der Waals surface area contributed by atoms with Crippen molar-refractivity contribution in [1.29, 1.82) is 0 Å². The van der Waals surface area contributed by atoms with E-state index in [1.165, 1.54) is 0 Å². The molecule has 7 heteroatoms. The van der Waals surface area contributed by atoms with Crippen LogP contribution in [0.3, 0.4) is 0 Å². The molecular formula is C20H40N4O3. The summed E-state index contributed by atoms with van der Waals surface area (Å²) in [6.45, 7) is 15.7. The van der Waals surface area contributed by atoms with Gasteiger partial charge in [-0.15, -0.1) is 0 Å². The number of guanidine groups is 1. The van der Waals surface area contributed by atoms with Crippen molar-refractivity contribution in [2.75, 3.05) is 39.9 Å². The highest BCUT2D eigenvalue weighted by Gasteiger charge is 2.31. The number of nitrogens with zero attached hydrogens (tertiary/aromatic N) is 2. The number of aliphatic imine (C=N–C) groups is 1. The van der Waals surface area contributed by atoms with Gasteiger partial charge in [-0.1, -0.05) is 13.8 Å². The van der Waals surface area contributed by atoms with Crippen molar-refractivity contribution in [3.63, 3.8) is 0 Å². The third-order valence-electron chi connectivity index (χ3n) is 4.90. The molecule has 1 fully saturated rings. The molecule has 0 aromatic heterocycles. The Balaban J connectivity index is 2.81. The van der Waals surface area contributed by atoms with Crippen molar-refractivity contribution in [2.24, 2.45) is 10.9 Å². The third-order valence-corrected chi connectivity index (χ3v) is 4.90. The van der Waals surface area contributed by atoms with Gasteiger partial charge in [0.05, 0.1) is 18.7 Å². The first-order chi connectivity index (χ1) is 12.6. The van der Waals surface area contributed by atoms with Gasteiger partial charge in [0.1, 0.15) is 5.60 Å². The van der Waals surface area contributed by atoms with Gasteiger partial charge in [-0.05, 0) is 47.0 Å². The van der Waals surface area contributed by atoms with Gasteiger partial charge < -0.3 is 25.0 Å². The molecule has 158 valence electrons. The Labute approximate surface area is 165 Å². The zero-order valence-electron chi connectivity index (χ0n) is 18.4. The molecule has 0 radical (unpaired) electrons. The lowest BCUT2D eigenvalue weighted by atomic mass is 9.93. The highest BCUT2D eigenvalue weighted by molar-refractivity contribution is 5.79. The second-order valence-electron chi connectivity index (χ2n) is 8.39. The number of amides is 1. The highest BCUT2D eigenvalue weighted by Crippen LogP contribution is 2.18. The van der Waals surface area contributed by atoms with Crippen molar-refractivity contribution in [2.45, 2.75) is 71.9 Å².